The molecular formula is C43H33NO5. The van der Waals surface area contributed by atoms with Crippen molar-refractivity contribution >= 4 is 33.7 Å². The maximum atomic E-state index is 14.0. The molecule has 0 aliphatic carbocycles. The summed E-state index contributed by atoms with van der Waals surface area (Å²) in [5, 5.41) is 1.38. The molecule has 0 aliphatic heterocycles. The van der Waals surface area contributed by atoms with Gasteiger partial charge in [-0.3, -0.25) is 0 Å². The number of para-hydroxylation sites is 1. The van der Waals surface area contributed by atoms with Crippen molar-refractivity contribution in [2.24, 2.45) is 0 Å². The zero-order valence-corrected chi connectivity index (χ0v) is 27.2. The molecule has 0 atom stereocenters. The van der Waals surface area contributed by atoms with Gasteiger partial charge in [-0.2, -0.15) is 0 Å². The largest absolute Gasteiger partial charge is 0.489 e. The smallest absolute Gasteiger partial charge is 0.344 e. The maximum absolute atomic E-state index is 14.0. The maximum Gasteiger partial charge on any atom is 0.344 e. The molecule has 6 aromatic carbocycles. The van der Waals surface area contributed by atoms with E-state index in [0.29, 0.717) is 56.4 Å². The Bertz CT molecular complexity index is 2280. The van der Waals surface area contributed by atoms with Crippen LogP contribution in [0.4, 0.5) is 0 Å². The number of benzene rings is 6. The first-order valence-electron chi connectivity index (χ1n) is 16.1. The van der Waals surface area contributed by atoms with E-state index in [1.165, 1.54) is 0 Å². The molecule has 0 spiro atoms. The molecule has 0 bridgehead atoms. The van der Waals surface area contributed by atoms with Crippen molar-refractivity contribution in [3.63, 3.8) is 0 Å². The molecule has 1 heterocycles. The third-order valence-corrected chi connectivity index (χ3v) is 8.43. The number of nitrogens with zero attached hydrogens (tertiary/aromatic N) is 1. The van der Waals surface area contributed by atoms with E-state index >= 15 is 0 Å². The minimum Gasteiger partial charge on any atom is -0.489 e. The van der Waals surface area contributed by atoms with Crippen molar-refractivity contribution in [1.29, 1.82) is 0 Å². The number of fused-ring (bicyclic) bond motifs is 2. The van der Waals surface area contributed by atoms with E-state index in [2.05, 4.69) is 0 Å². The summed E-state index contributed by atoms with van der Waals surface area (Å²) >= 11 is 0. The Morgan fingerprint density at radius 2 is 1.16 bits per heavy atom. The van der Waals surface area contributed by atoms with Crippen LogP contribution in [0.3, 0.4) is 0 Å². The lowest BCUT2D eigenvalue weighted by atomic mass is 9.98. The molecule has 7 aromatic rings. The topological polar surface area (TPSA) is 74.7 Å². The van der Waals surface area contributed by atoms with Gasteiger partial charge < -0.3 is 14.2 Å². The zero-order valence-electron chi connectivity index (χ0n) is 27.2. The van der Waals surface area contributed by atoms with Crippen LogP contribution in [-0.4, -0.2) is 16.9 Å². The van der Waals surface area contributed by atoms with Gasteiger partial charge in [0.25, 0.3) is 0 Å². The highest BCUT2D eigenvalue weighted by molar-refractivity contribution is 6.15. The highest BCUT2D eigenvalue weighted by atomic mass is 16.5. The molecule has 0 N–H and O–H groups in total. The molecule has 6 nitrogen and oxygen atoms in total. The lowest BCUT2D eigenvalue weighted by Gasteiger charge is -2.15. The second kappa shape index (κ2) is 13.8. The van der Waals surface area contributed by atoms with E-state index in [-0.39, 0.29) is 6.61 Å². The van der Waals surface area contributed by atoms with Crippen LogP contribution in [-0.2, 0) is 18.0 Å². The number of carbonyl (C=O) groups is 2. The fourth-order valence-electron chi connectivity index (χ4n) is 5.96. The number of rotatable bonds is 9. The van der Waals surface area contributed by atoms with E-state index in [1.54, 1.807) is 12.1 Å². The van der Waals surface area contributed by atoms with Gasteiger partial charge in [0.2, 0.25) is 0 Å². The Kier molecular flexibility index (Phi) is 8.85. The molecule has 7 rings (SSSR count). The molecular weight excluding hydrogens is 610 g/mol. The fourth-order valence-corrected chi connectivity index (χ4v) is 5.96. The van der Waals surface area contributed by atoms with Gasteiger partial charge in [-0.25, -0.2) is 14.6 Å². The van der Waals surface area contributed by atoms with Gasteiger partial charge in [0, 0.05) is 10.8 Å². The third kappa shape index (κ3) is 6.90. The molecule has 49 heavy (non-hydrogen) atoms. The number of ether oxygens (including phenoxy) is 3. The fraction of sp³-hybridized carbons (Fsp3) is 0.0930. The van der Waals surface area contributed by atoms with Gasteiger partial charge in [0.05, 0.1) is 22.2 Å². The van der Waals surface area contributed by atoms with Crippen LogP contribution in [0.2, 0.25) is 0 Å². The lowest BCUT2D eigenvalue weighted by Crippen LogP contribution is -2.13. The van der Waals surface area contributed by atoms with E-state index in [0.717, 1.165) is 28.0 Å². The van der Waals surface area contributed by atoms with Crippen molar-refractivity contribution in [2.75, 3.05) is 0 Å². The molecule has 0 radical (unpaired) electrons. The van der Waals surface area contributed by atoms with Crippen LogP contribution in [0.25, 0.3) is 32.9 Å². The van der Waals surface area contributed by atoms with Crippen molar-refractivity contribution in [2.45, 2.75) is 27.1 Å². The second-order valence-electron chi connectivity index (χ2n) is 11.9. The monoisotopic (exact) mass is 643 g/mol. The molecule has 0 saturated heterocycles. The van der Waals surface area contributed by atoms with Gasteiger partial charge in [0.15, 0.2) is 0 Å². The Labute approximate surface area is 284 Å². The van der Waals surface area contributed by atoms with Crippen LogP contribution >= 0.6 is 0 Å². The molecule has 0 fully saturated rings. The van der Waals surface area contributed by atoms with Crippen LogP contribution < -0.4 is 9.47 Å². The van der Waals surface area contributed by atoms with Crippen molar-refractivity contribution in [3.05, 3.63) is 173 Å². The number of pyridine rings is 1. The Morgan fingerprint density at radius 3 is 1.86 bits per heavy atom. The molecule has 240 valence electrons. The van der Waals surface area contributed by atoms with Gasteiger partial charge >= 0.3 is 11.9 Å². The Morgan fingerprint density at radius 1 is 0.571 bits per heavy atom. The van der Waals surface area contributed by atoms with E-state index in [4.69, 9.17) is 19.2 Å². The highest BCUT2D eigenvalue weighted by Crippen LogP contribution is 2.33. The van der Waals surface area contributed by atoms with Crippen LogP contribution in [0.15, 0.2) is 140 Å². The summed E-state index contributed by atoms with van der Waals surface area (Å²) < 4.78 is 17.6. The first-order valence-corrected chi connectivity index (χ1v) is 16.1. The predicted octanol–water partition coefficient (Wildman–Crippen LogP) is 9.83. The third-order valence-electron chi connectivity index (χ3n) is 8.43. The summed E-state index contributed by atoms with van der Waals surface area (Å²) in [5.74, 6) is 0.251. The quantitative estimate of drug-likeness (QED) is 0.0886. The average molecular weight is 644 g/mol. The summed E-state index contributed by atoms with van der Waals surface area (Å²) in [5.41, 5.74) is 7.48. The normalized spacial score (nSPS) is 11.0. The number of aromatic nitrogens is 1. The van der Waals surface area contributed by atoms with Crippen molar-refractivity contribution in [3.8, 4) is 22.6 Å². The Balaban J connectivity index is 1.14. The SMILES string of the molecule is Cc1cc(C(=O)OCc2ccccc2)cc(C)c1OC(=O)c1c2ccccc2nc2cc(-c3ccc(OCc4ccccc4)cc3)ccc12. The highest BCUT2D eigenvalue weighted by Gasteiger charge is 2.21. The lowest BCUT2D eigenvalue weighted by molar-refractivity contribution is 0.0472. The van der Waals surface area contributed by atoms with Gasteiger partial charge in [-0.05, 0) is 83.6 Å². The van der Waals surface area contributed by atoms with Crippen molar-refractivity contribution < 1.29 is 23.8 Å². The minimum absolute atomic E-state index is 0.174. The summed E-state index contributed by atoms with van der Waals surface area (Å²) in [7, 11) is 0. The minimum atomic E-state index is -0.498. The van der Waals surface area contributed by atoms with E-state index in [9.17, 15) is 9.59 Å². The van der Waals surface area contributed by atoms with Gasteiger partial charge in [0.1, 0.15) is 24.7 Å². The molecule has 6 heteroatoms. The summed E-state index contributed by atoms with van der Waals surface area (Å²) in [6.07, 6.45) is 0. The summed E-state index contributed by atoms with van der Waals surface area (Å²) in [4.78, 5) is 31.8. The first kappa shape index (κ1) is 31.3. The first-order chi connectivity index (χ1) is 23.9. The molecule has 0 saturated carbocycles. The Hall–Kier alpha value is -6.27. The summed E-state index contributed by atoms with van der Waals surface area (Å²) in [6.45, 7) is 4.30. The number of aryl methyl sites for hydroxylation is 2. The van der Waals surface area contributed by atoms with E-state index < -0.39 is 11.9 Å². The number of carbonyl (C=O) groups excluding carboxylic acids is 2. The average Bonchev–Trinajstić information content (AvgIpc) is 3.14. The predicted molar refractivity (Wildman–Crippen MR) is 192 cm³/mol. The van der Waals surface area contributed by atoms with Crippen molar-refractivity contribution in [1.82, 2.24) is 4.98 Å². The summed E-state index contributed by atoms with van der Waals surface area (Å²) in [6, 6.07) is 44.4. The van der Waals surface area contributed by atoms with Crippen LogP contribution in [0.5, 0.6) is 11.5 Å². The standard InChI is InChI=1S/C43H33NO5/c1-28-23-34(42(45)48-27-31-13-7-4-8-14-31)24-29(2)41(28)49-43(46)40-36-15-9-10-16-38(36)44-39-25-33(19-22-37(39)40)32-17-20-35(21-18-32)47-26-30-11-5-3-6-12-30/h3-25H,26-27H2,1-2H3. The molecule has 0 unspecified atom stereocenters. The van der Waals surface area contributed by atoms with Gasteiger partial charge in [-0.15, -0.1) is 0 Å². The van der Waals surface area contributed by atoms with Crippen LogP contribution in [0, 0.1) is 13.8 Å². The van der Waals surface area contributed by atoms with Crippen LogP contribution in [0.1, 0.15) is 43.0 Å². The second-order valence-corrected chi connectivity index (χ2v) is 11.9. The molecule has 1 aromatic heterocycles. The number of esters is 2. The molecule has 0 aliphatic rings. The van der Waals surface area contributed by atoms with E-state index in [1.807, 2.05) is 141 Å². The number of hydrogen-bond acceptors (Lipinski definition) is 6. The molecule has 0 amide bonds. The zero-order chi connectivity index (χ0) is 33.7. The van der Waals surface area contributed by atoms with Gasteiger partial charge in [-0.1, -0.05) is 103 Å². The number of hydrogen-bond donors (Lipinski definition) is 0.